The van der Waals surface area contributed by atoms with E-state index >= 15 is 0 Å². The van der Waals surface area contributed by atoms with E-state index in [1.54, 1.807) is 23.5 Å². The van der Waals surface area contributed by atoms with Gasteiger partial charge in [0.15, 0.2) is 0 Å². The zero-order valence-corrected chi connectivity index (χ0v) is 13.1. The summed E-state index contributed by atoms with van der Waals surface area (Å²) in [7, 11) is -3.95. The summed E-state index contributed by atoms with van der Waals surface area (Å²) in [5, 5.41) is 8.17. The molecule has 2 aromatic rings. The van der Waals surface area contributed by atoms with Gasteiger partial charge in [0, 0.05) is 4.70 Å². The van der Waals surface area contributed by atoms with Gasteiger partial charge in [0.2, 0.25) is 0 Å². The number of unbranched alkanes of at least 4 members (excludes halogenated alkanes) is 3. The second-order valence-corrected chi connectivity index (χ2v) is 6.87. The summed E-state index contributed by atoms with van der Waals surface area (Å²) in [6, 6.07) is 5.27. The Kier molecular flexibility index (Phi) is 5.01. The van der Waals surface area contributed by atoms with Gasteiger partial charge in [-0.05, 0) is 47.4 Å². The topological polar surface area (TPSA) is 69.4 Å². The van der Waals surface area contributed by atoms with Crippen LogP contribution in [0.4, 0.5) is 0 Å². The van der Waals surface area contributed by atoms with E-state index in [9.17, 15) is 8.42 Å². The van der Waals surface area contributed by atoms with Crippen LogP contribution in [0, 0.1) is 0 Å². The predicted molar refractivity (Wildman–Crippen MR) is 83.4 cm³/mol. The van der Waals surface area contributed by atoms with Crippen LogP contribution in [0.2, 0.25) is 0 Å². The van der Waals surface area contributed by atoms with Crippen LogP contribution in [0.1, 0.15) is 38.2 Å². The van der Waals surface area contributed by atoms with Gasteiger partial charge in [0.05, 0.1) is 0 Å². The number of fused-ring (bicyclic) bond motifs is 1. The first kappa shape index (κ1) is 15.3. The van der Waals surface area contributed by atoms with Gasteiger partial charge in [-0.25, -0.2) is 0 Å². The molecule has 0 aliphatic carbocycles. The van der Waals surface area contributed by atoms with E-state index in [1.807, 2.05) is 6.07 Å². The molecule has 1 heterocycles. The molecule has 0 aliphatic heterocycles. The molecule has 0 aliphatic rings. The molecule has 1 aromatic heterocycles. The van der Waals surface area contributed by atoms with Gasteiger partial charge in [0.1, 0.15) is 5.75 Å². The maximum atomic E-state index is 10.9. The number of rotatable bonds is 7. The van der Waals surface area contributed by atoms with Crippen LogP contribution in [0.5, 0.6) is 5.75 Å². The predicted octanol–water partition coefficient (Wildman–Crippen LogP) is 3.61. The lowest BCUT2D eigenvalue weighted by molar-refractivity contribution is 0.488. The molecule has 110 valence electrons. The molecular formula is C14H19NO3S2. The molecule has 0 radical (unpaired) electrons. The Hall–Kier alpha value is -1.11. The minimum atomic E-state index is -3.95. The Bertz CT molecular complexity index is 677. The van der Waals surface area contributed by atoms with Gasteiger partial charge in [-0.2, -0.15) is 13.6 Å². The summed E-state index contributed by atoms with van der Waals surface area (Å²) in [5.41, 5.74) is 1.32. The van der Waals surface area contributed by atoms with Crippen molar-refractivity contribution >= 4 is 31.7 Å². The smallest absolute Gasteiger partial charge is 0.371 e. The standard InChI is InChI=1S/C14H19NO3S2/c1-2-3-4-5-6-11-10-19-14-9-12(7-8-13(11)14)18-20(15,16)17/h7-10H,2-6H2,1H3,(H2,15,16,17). The quantitative estimate of drug-likeness (QED) is 0.794. The van der Waals surface area contributed by atoms with Crippen molar-refractivity contribution in [2.24, 2.45) is 5.14 Å². The molecule has 0 amide bonds. The van der Waals surface area contributed by atoms with Gasteiger partial charge in [-0.15, -0.1) is 11.3 Å². The number of hydrogen-bond acceptors (Lipinski definition) is 4. The maximum Gasteiger partial charge on any atom is 0.380 e. The molecule has 0 fully saturated rings. The van der Waals surface area contributed by atoms with Gasteiger partial charge in [-0.3, -0.25) is 0 Å². The molecular weight excluding hydrogens is 294 g/mol. The molecule has 0 atom stereocenters. The highest BCUT2D eigenvalue weighted by Gasteiger charge is 2.09. The van der Waals surface area contributed by atoms with Crippen LogP contribution in [0.25, 0.3) is 10.1 Å². The first-order valence-corrected chi connectivity index (χ1v) is 9.07. The average Bonchev–Trinajstić information content (AvgIpc) is 2.75. The first-order chi connectivity index (χ1) is 9.49. The van der Waals surface area contributed by atoms with Crippen LogP contribution in [0.15, 0.2) is 23.6 Å². The average molecular weight is 313 g/mol. The Morgan fingerprint density at radius 3 is 2.75 bits per heavy atom. The molecule has 0 spiro atoms. The molecule has 2 N–H and O–H groups in total. The van der Waals surface area contributed by atoms with E-state index in [1.165, 1.54) is 36.6 Å². The normalized spacial score (nSPS) is 11.9. The van der Waals surface area contributed by atoms with E-state index in [0.717, 1.165) is 11.1 Å². The van der Waals surface area contributed by atoms with Crippen molar-refractivity contribution in [1.29, 1.82) is 0 Å². The summed E-state index contributed by atoms with van der Waals surface area (Å²) in [5.74, 6) is 0.263. The second-order valence-electron chi connectivity index (χ2n) is 4.81. The molecule has 0 saturated heterocycles. The summed E-state index contributed by atoms with van der Waals surface area (Å²) < 4.78 is 27.5. The minimum absolute atomic E-state index is 0.263. The largest absolute Gasteiger partial charge is 0.380 e. The van der Waals surface area contributed by atoms with Crippen molar-refractivity contribution in [2.75, 3.05) is 0 Å². The van der Waals surface area contributed by atoms with Gasteiger partial charge in [0.25, 0.3) is 0 Å². The van der Waals surface area contributed by atoms with Crippen molar-refractivity contribution in [1.82, 2.24) is 0 Å². The lowest BCUT2D eigenvalue weighted by Crippen LogP contribution is -2.18. The number of nitrogens with two attached hydrogens (primary N) is 1. The third-order valence-electron chi connectivity index (χ3n) is 3.14. The van der Waals surface area contributed by atoms with E-state index in [0.29, 0.717) is 0 Å². The van der Waals surface area contributed by atoms with Crippen LogP contribution >= 0.6 is 11.3 Å². The molecule has 0 saturated carbocycles. The van der Waals surface area contributed by atoms with E-state index in [4.69, 9.17) is 5.14 Å². The van der Waals surface area contributed by atoms with Crippen LogP contribution < -0.4 is 9.32 Å². The Morgan fingerprint density at radius 1 is 1.25 bits per heavy atom. The highest BCUT2D eigenvalue weighted by Crippen LogP contribution is 2.30. The molecule has 0 bridgehead atoms. The summed E-state index contributed by atoms with van der Waals surface area (Å²) in [6.07, 6.45) is 6.01. The Balaban J connectivity index is 2.12. The Morgan fingerprint density at radius 2 is 2.05 bits per heavy atom. The van der Waals surface area contributed by atoms with Crippen LogP contribution in [0.3, 0.4) is 0 Å². The molecule has 1 aromatic carbocycles. The van der Waals surface area contributed by atoms with Gasteiger partial charge in [-0.1, -0.05) is 26.2 Å². The van der Waals surface area contributed by atoms with Crippen molar-refractivity contribution in [2.45, 2.75) is 39.0 Å². The highest BCUT2D eigenvalue weighted by molar-refractivity contribution is 7.84. The highest BCUT2D eigenvalue weighted by atomic mass is 32.2. The number of benzene rings is 1. The van der Waals surface area contributed by atoms with Crippen molar-refractivity contribution in [3.63, 3.8) is 0 Å². The molecule has 6 heteroatoms. The number of aryl methyl sites for hydroxylation is 1. The lowest BCUT2D eigenvalue weighted by Gasteiger charge is -2.03. The zero-order chi connectivity index (χ0) is 14.6. The van der Waals surface area contributed by atoms with Crippen LogP contribution in [-0.2, 0) is 16.7 Å². The van der Waals surface area contributed by atoms with E-state index in [-0.39, 0.29) is 5.75 Å². The third-order valence-corrected chi connectivity index (χ3v) is 4.56. The minimum Gasteiger partial charge on any atom is -0.371 e. The van der Waals surface area contributed by atoms with E-state index in [2.05, 4.69) is 16.5 Å². The van der Waals surface area contributed by atoms with E-state index < -0.39 is 10.3 Å². The summed E-state index contributed by atoms with van der Waals surface area (Å²) in [4.78, 5) is 0. The lowest BCUT2D eigenvalue weighted by atomic mass is 10.1. The Labute approximate surface area is 123 Å². The third kappa shape index (κ3) is 4.19. The van der Waals surface area contributed by atoms with Crippen molar-refractivity contribution in [3.05, 3.63) is 29.1 Å². The molecule has 20 heavy (non-hydrogen) atoms. The monoisotopic (exact) mass is 313 g/mol. The first-order valence-electron chi connectivity index (χ1n) is 6.72. The van der Waals surface area contributed by atoms with Gasteiger partial charge < -0.3 is 4.18 Å². The number of thiophene rings is 1. The van der Waals surface area contributed by atoms with Crippen molar-refractivity contribution in [3.8, 4) is 5.75 Å². The SMILES string of the molecule is CCCCCCc1csc2cc(OS(N)(=O)=O)ccc12. The molecule has 0 unspecified atom stereocenters. The second kappa shape index (κ2) is 6.56. The summed E-state index contributed by atoms with van der Waals surface area (Å²) in [6.45, 7) is 2.20. The summed E-state index contributed by atoms with van der Waals surface area (Å²) >= 11 is 1.60. The molecule has 4 nitrogen and oxygen atoms in total. The molecule has 2 rings (SSSR count). The number of hydrogen-bond donors (Lipinski definition) is 1. The fourth-order valence-corrected chi connectivity index (χ4v) is 3.58. The fraction of sp³-hybridized carbons (Fsp3) is 0.429. The fourth-order valence-electron chi connectivity index (χ4n) is 2.19. The van der Waals surface area contributed by atoms with Crippen molar-refractivity contribution < 1.29 is 12.6 Å². The zero-order valence-electron chi connectivity index (χ0n) is 11.5. The van der Waals surface area contributed by atoms with Gasteiger partial charge >= 0.3 is 10.3 Å². The van der Waals surface area contributed by atoms with Crippen LogP contribution in [-0.4, -0.2) is 8.42 Å². The maximum absolute atomic E-state index is 10.9.